The summed E-state index contributed by atoms with van der Waals surface area (Å²) in [6.45, 7) is 6.48. The standard InChI is InChI=1S/C14H20O3/c1-4-7-17-13(14(15)16)9-12-6-5-10(2)8-11(12)3/h5-6,8,13H,4,7,9H2,1-3H3,(H,15,16). The van der Waals surface area contributed by atoms with Crippen LogP contribution in [0.2, 0.25) is 0 Å². The van der Waals surface area contributed by atoms with Gasteiger partial charge < -0.3 is 9.84 Å². The van der Waals surface area contributed by atoms with Crippen molar-refractivity contribution in [1.82, 2.24) is 0 Å². The lowest BCUT2D eigenvalue weighted by molar-refractivity contribution is -0.150. The first-order valence-corrected chi connectivity index (χ1v) is 5.95. The molecule has 1 aromatic carbocycles. The van der Waals surface area contributed by atoms with Crippen LogP contribution >= 0.6 is 0 Å². The highest BCUT2D eigenvalue weighted by atomic mass is 16.5. The van der Waals surface area contributed by atoms with Crippen LogP contribution in [0, 0.1) is 13.8 Å². The van der Waals surface area contributed by atoms with Gasteiger partial charge in [-0.2, -0.15) is 0 Å². The second-order valence-corrected chi connectivity index (χ2v) is 4.33. The predicted molar refractivity (Wildman–Crippen MR) is 67.3 cm³/mol. The summed E-state index contributed by atoms with van der Waals surface area (Å²) in [7, 11) is 0. The number of benzene rings is 1. The Kier molecular flexibility index (Phi) is 5.16. The van der Waals surface area contributed by atoms with Gasteiger partial charge in [-0.1, -0.05) is 30.7 Å². The van der Waals surface area contributed by atoms with Crippen molar-refractivity contribution >= 4 is 5.97 Å². The van der Waals surface area contributed by atoms with E-state index in [4.69, 9.17) is 9.84 Å². The molecular weight excluding hydrogens is 216 g/mol. The van der Waals surface area contributed by atoms with Crippen molar-refractivity contribution in [3.63, 3.8) is 0 Å². The molecule has 17 heavy (non-hydrogen) atoms. The number of hydrogen-bond acceptors (Lipinski definition) is 2. The molecule has 1 rings (SSSR count). The molecule has 0 heterocycles. The van der Waals surface area contributed by atoms with Crippen LogP contribution < -0.4 is 0 Å². The van der Waals surface area contributed by atoms with Gasteiger partial charge in [-0.05, 0) is 31.4 Å². The number of aryl methyl sites for hydroxylation is 2. The lowest BCUT2D eigenvalue weighted by Gasteiger charge is -2.15. The summed E-state index contributed by atoms with van der Waals surface area (Å²) in [6.07, 6.45) is 0.523. The summed E-state index contributed by atoms with van der Waals surface area (Å²) >= 11 is 0. The van der Waals surface area contributed by atoms with Gasteiger partial charge in [0.05, 0.1) is 0 Å². The second-order valence-electron chi connectivity index (χ2n) is 4.33. The minimum absolute atomic E-state index is 0.432. The van der Waals surface area contributed by atoms with Gasteiger partial charge >= 0.3 is 5.97 Å². The molecule has 1 unspecified atom stereocenters. The Bertz CT molecular complexity index is 385. The number of aliphatic carboxylic acids is 1. The quantitative estimate of drug-likeness (QED) is 0.826. The van der Waals surface area contributed by atoms with Gasteiger partial charge in [-0.15, -0.1) is 0 Å². The molecule has 0 aliphatic carbocycles. The van der Waals surface area contributed by atoms with Crippen molar-refractivity contribution in [2.24, 2.45) is 0 Å². The maximum absolute atomic E-state index is 11.1. The van der Waals surface area contributed by atoms with Crippen molar-refractivity contribution in [3.05, 3.63) is 34.9 Å². The number of carboxylic acid groups (broad SMARTS) is 1. The Balaban J connectivity index is 2.75. The van der Waals surface area contributed by atoms with Crippen LogP contribution in [0.3, 0.4) is 0 Å². The second kappa shape index (κ2) is 6.40. The van der Waals surface area contributed by atoms with Crippen LogP contribution in [0.25, 0.3) is 0 Å². The molecule has 0 aromatic heterocycles. The summed E-state index contributed by atoms with van der Waals surface area (Å²) in [4.78, 5) is 11.1. The summed E-state index contributed by atoms with van der Waals surface area (Å²) in [6, 6.07) is 6.05. The van der Waals surface area contributed by atoms with Crippen LogP contribution in [-0.2, 0) is 16.0 Å². The predicted octanol–water partition coefficient (Wildman–Crippen LogP) is 2.73. The number of hydrogen-bond donors (Lipinski definition) is 1. The van der Waals surface area contributed by atoms with Gasteiger partial charge in [-0.3, -0.25) is 0 Å². The summed E-state index contributed by atoms with van der Waals surface area (Å²) in [5.74, 6) is -0.890. The molecule has 0 aliphatic rings. The van der Waals surface area contributed by atoms with Gasteiger partial charge in [0.25, 0.3) is 0 Å². The van der Waals surface area contributed by atoms with Crippen molar-refractivity contribution in [2.45, 2.75) is 39.7 Å². The van der Waals surface area contributed by atoms with Crippen molar-refractivity contribution in [1.29, 1.82) is 0 Å². The van der Waals surface area contributed by atoms with Crippen molar-refractivity contribution in [2.75, 3.05) is 6.61 Å². The van der Waals surface area contributed by atoms with Crippen LogP contribution in [0.15, 0.2) is 18.2 Å². The van der Waals surface area contributed by atoms with Crippen LogP contribution in [0.1, 0.15) is 30.0 Å². The van der Waals surface area contributed by atoms with E-state index < -0.39 is 12.1 Å². The zero-order valence-corrected chi connectivity index (χ0v) is 10.7. The van der Waals surface area contributed by atoms with E-state index in [1.807, 2.05) is 32.9 Å². The zero-order valence-electron chi connectivity index (χ0n) is 10.7. The lowest BCUT2D eigenvalue weighted by Crippen LogP contribution is -2.27. The molecule has 0 aliphatic heterocycles. The topological polar surface area (TPSA) is 46.5 Å². The Hall–Kier alpha value is -1.35. The molecule has 1 aromatic rings. The molecule has 1 atom stereocenters. The minimum Gasteiger partial charge on any atom is -0.479 e. The normalized spacial score (nSPS) is 12.4. The largest absolute Gasteiger partial charge is 0.479 e. The molecule has 1 N–H and O–H groups in total. The molecule has 0 spiro atoms. The molecule has 0 amide bonds. The van der Waals surface area contributed by atoms with Crippen LogP contribution in [0.4, 0.5) is 0 Å². The van der Waals surface area contributed by atoms with Crippen molar-refractivity contribution in [3.8, 4) is 0 Å². The molecular formula is C14H20O3. The highest BCUT2D eigenvalue weighted by Gasteiger charge is 2.19. The first kappa shape index (κ1) is 13.7. The van der Waals surface area contributed by atoms with Crippen LogP contribution in [-0.4, -0.2) is 23.8 Å². The molecule has 3 heteroatoms. The van der Waals surface area contributed by atoms with E-state index in [-0.39, 0.29) is 0 Å². The third-order valence-corrected chi connectivity index (χ3v) is 2.70. The minimum atomic E-state index is -0.890. The van der Waals surface area contributed by atoms with Gasteiger partial charge in [0.2, 0.25) is 0 Å². The maximum atomic E-state index is 11.1. The van der Waals surface area contributed by atoms with E-state index in [0.717, 1.165) is 17.5 Å². The maximum Gasteiger partial charge on any atom is 0.333 e. The first-order chi connectivity index (χ1) is 8.04. The smallest absolute Gasteiger partial charge is 0.333 e. The Morgan fingerprint density at radius 3 is 2.65 bits per heavy atom. The third kappa shape index (κ3) is 4.19. The Morgan fingerprint density at radius 1 is 1.41 bits per heavy atom. The monoisotopic (exact) mass is 236 g/mol. The zero-order chi connectivity index (χ0) is 12.8. The number of carbonyl (C=O) groups is 1. The van der Waals surface area contributed by atoms with E-state index in [1.165, 1.54) is 5.56 Å². The SMILES string of the molecule is CCCOC(Cc1ccc(C)cc1C)C(=O)O. The number of ether oxygens (including phenoxy) is 1. The average Bonchev–Trinajstić information content (AvgIpc) is 2.26. The fraction of sp³-hybridized carbons (Fsp3) is 0.500. The summed E-state index contributed by atoms with van der Waals surface area (Å²) in [5.41, 5.74) is 3.35. The molecule has 94 valence electrons. The molecule has 0 bridgehead atoms. The van der Waals surface area contributed by atoms with Gasteiger partial charge in [0.1, 0.15) is 0 Å². The van der Waals surface area contributed by atoms with E-state index >= 15 is 0 Å². The first-order valence-electron chi connectivity index (χ1n) is 5.95. The van der Waals surface area contributed by atoms with Gasteiger partial charge in [0, 0.05) is 13.0 Å². The lowest BCUT2D eigenvalue weighted by atomic mass is 10.0. The fourth-order valence-electron chi connectivity index (χ4n) is 1.75. The molecule has 0 radical (unpaired) electrons. The van der Waals surface area contributed by atoms with Gasteiger partial charge in [-0.25, -0.2) is 4.79 Å². The molecule has 0 fully saturated rings. The highest BCUT2D eigenvalue weighted by molar-refractivity contribution is 5.72. The molecule has 3 nitrogen and oxygen atoms in total. The van der Waals surface area contributed by atoms with E-state index in [2.05, 4.69) is 6.07 Å². The molecule has 0 saturated carbocycles. The summed E-state index contributed by atoms with van der Waals surface area (Å²) < 4.78 is 5.34. The number of rotatable bonds is 6. The summed E-state index contributed by atoms with van der Waals surface area (Å²) in [5, 5.41) is 9.08. The Morgan fingerprint density at radius 2 is 2.12 bits per heavy atom. The average molecular weight is 236 g/mol. The van der Waals surface area contributed by atoms with Gasteiger partial charge in [0.15, 0.2) is 6.10 Å². The Labute approximate surface area is 102 Å². The third-order valence-electron chi connectivity index (χ3n) is 2.70. The fourth-order valence-corrected chi connectivity index (χ4v) is 1.75. The van der Waals surface area contributed by atoms with E-state index in [9.17, 15) is 4.79 Å². The van der Waals surface area contributed by atoms with E-state index in [0.29, 0.717) is 13.0 Å². The molecule has 0 saturated heterocycles. The highest BCUT2D eigenvalue weighted by Crippen LogP contribution is 2.14. The van der Waals surface area contributed by atoms with Crippen molar-refractivity contribution < 1.29 is 14.6 Å². The van der Waals surface area contributed by atoms with E-state index in [1.54, 1.807) is 0 Å². The number of carboxylic acids is 1. The van der Waals surface area contributed by atoms with Crippen LogP contribution in [0.5, 0.6) is 0 Å².